The van der Waals surface area contributed by atoms with Crippen LogP contribution in [0.2, 0.25) is 0 Å². The summed E-state index contributed by atoms with van der Waals surface area (Å²) in [6.07, 6.45) is 3.03. The number of anilines is 2. The Labute approximate surface area is 151 Å². The number of piperidine rings is 1. The molecule has 1 saturated heterocycles. The molecule has 2 rings (SSSR count). The second kappa shape index (κ2) is 8.37. The monoisotopic (exact) mass is 345 g/mol. The van der Waals surface area contributed by atoms with E-state index in [2.05, 4.69) is 30.1 Å². The van der Waals surface area contributed by atoms with Crippen LogP contribution < -0.4 is 10.2 Å². The molecule has 0 spiro atoms. The fourth-order valence-electron chi connectivity index (χ4n) is 3.69. The molecule has 1 fully saturated rings. The minimum absolute atomic E-state index is 0.119. The van der Waals surface area contributed by atoms with E-state index >= 15 is 0 Å². The maximum absolute atomic E-state index is 12.6. The summed E-state index contributed by atoms with van der Waals surface area (Å²) >= 11 is 0. The number of hydrogen-bond acceptors (Lipinski definition) is 3. The van der Waals surface area contributed by atoms with Gasteiger partial charge in [-0.15, -0.1) is 0 Å². The van der Waals surface area contributed by atoms with Crippen molar-refractivity contribution in [2.24, 2.45) is 0 Å². The molecule has 0 aromatic heterocycles. The number of aryl methyl sites for hydroxylation is 1. The summed E-state index contributed by atoms with van der Waals surface area (Å²) in [5, 5.41) is 2.80. The van der Waals surface area contributed by atoms with E-state index in [0.29, 0.717) is 5.69 Å². The number of carbonyl (C=O) groups is 2. The molecule has 5 heteroatoms. The SMILES string of the molecule is CCN(CC)c1ccc(NC(=O)C(=O)N2C(C)CCCC2C)c(C)c1. The molecular formula is C20H31N3O2. The second-order valence-electron chi connectivity index (χ2n) is 6.97. The van der Waals surface area contributed by atoms with Crippen LogP contribution in [-0.4, -0.2) is 41.9 Å². The van der Waals surface area contributed by atoms with Gasteiger partial charge in [0.15, 0.2) is 0 Å². The van der Waals surface area contributed by atoms with E-state index in [0.717, 1.165) is 43.6 Å². The maximum atomic E-state index is 12.6. The molecule has 25 heavy (non-hydrogen) atoms. The molecule has 0 aliphatic carbocycles. The largest absolute Gasteiger partial charge is 0.372 e. The first kappa shape index (κ1) is 19.3. The molecular weight excluding hydrogens is 314 g/mol. The van der Waals surface area contributed by atoms with Gasteiger partial charge in [0, 0.05) is 36.5 Å². The van der Waals surface area contributed by atoms with Crippen LogP contribution in [0.5, 0.6) is 0 Å². The topological polar surface area (TPSA) is 52.7 Å². The third-order valence-corrected chi connectivity index (χ3v) is 5.21. The predicted octanol–water partition coefficient (Wildman–Crippen LogP) is 3.57. The average molecular weight is 345 g/mol. The maximum Gasteiger partial charge on any atom is 0.313 e. The van der Waals surface area contributed by atoms with Gasteiger partial charge in [-0.05, 0) is 77.6 Å². The second-order valence-corrected chi connectivity index (χ2v) is 6.97. The summed E-state index contributed by atoms with van der Waals surface area (Å²) < 4.78 is 0. The van der Waals surface area contributed by atoms with Gasteiger partial charge in [-0.2, -0.15) is 0 Å². The van der Waals surface area contributed by atoms with Gasteiger partial charge >= 0.3 is 11.8 Å². The molecule has 1 aliphatic heterocycles. The molecule has 138 valence electrons. The molecule has 2 amide bonds. The smallest absolute Gasteiger partial charge is 0.313 e. The van der Waals surface area contributed by atoms with Crippen molar-refractivity contribution in [3.63, 3.8) is 0 Å². The highest BCUT2D eigenvalue weighted by Crippen LogP contribution is 2.25. The molecule has 1 aliphatic rings. The minimum Gasteiger partial charge on any atom is -0.372 e. The Morgan fingerprint density at radius 2 is 1.76 bits per heavy atom. The van der Waals surface area contributed by atoms with Crippen molar-refractivity contribution in [1.29, 1.82) is 0 Å². The first-order chi connectivity index (χ1) is 11.9. The lowest BCUT2D eigenvalue weighted by Gasteiger charge is -2.38. The number of benzene rings is 1. The van der Waals surface area contributed by atoms with Crippen LogP contribution in [-0.2, 0) is 9.59 Å². The zero-order valence-corrected chi connectivity index (χ0v) is 16.1. The van der Waals surface area contributed by atoms with Gasteiger partial charge in [-0.3, -0.25) is 9.59 Å². The molecule has 2 unspecified atom stereocenters. The van der Waals surface area contributed by atoms with Crippen molar-refractivity contribution in [2.75, 3.05) is 23.3 Å². The number of carbonyl (C=O) groups excluding carboxylic acids is 2. The van der Waals surface area contributed by atoms with Crippen LogP contribution in [0.3, 0.4) is 0 Å². The van der Waals surface area contributed by atoms with Crippen LogP contribution in [0.25, 0.3) is 0 Å². The Morgan fingerprint density at radius 1 is 1.16 bits per heavy atom. The van der Waals surface area contributed by atoms with Crippen molar-refractivity contribution >= 4 is 23.2 Å². The molecule has 0 saturated carbocycles. The summed E-state index contributed by atoms with van der Waals surface area (Å²) in [6, 6.07) is 6.17. The minimum atomic E-state index is -0.542. The molecule has 1 aromatic carbocycles. The lowest BCUT2D eigenvalue weighted by Crippen LogP contribution is -2.51. The zero-order chi connectivity index (χ0) is 18.6. The first-order valence-corrected chi connectivity index (χ1v) is 9.38. The number of nitrogens with zero attached hydrogens (tertiary/aromatic N) is 2. The first-order valence-electron chi connectivity index (χ1n) is 9.38. The van der Waals surface area contributed by atoms with Gasteiger partial charge in [-0.25, -0.2) is 0 Å². The van der Waals surface area contributed by atoms with Crippen molar-refractivity contribution in [1.82, 2.24) is 4.90 Å². The number of nitrogens with one attached hydrogen (secondary N) is 1. The van der Waals surface area contributed by atoms with Gasteiger partial charge in [0.05, 0.1) is 0 Å². The number of amides is 2. The van der Waals surface area contributed by atoms with Crippen LogP contribution >= 0.6 is 0 Å². The van der Waals surface area contributed by atoms with Crippen molar-refractivity contribution in [3.8, 4) is 0 Å². The number of rotatable bonds is 4. The van der Waals surface area contributed by atoms with E-state index in [1.54, 1.807) is 4.90 Å². The van der Waals surface area contributed by atoms with Crippen LogP contribution in [0.15, 0.2) is 18.2 Å². The van der Waals surface area contributed by atoms with E-state index in [9.17, 15) is 9.59 Å². The fraction of sp³-hybridized carbons (Fsp3) is 0.600. The Morgan fingerprint density at radius 3 is 2.28 bits per heavy atom. The lowest BCUT2D eigenvalue weighted by molar-refractivity contribution is -0.147. The predicted molar refractivity (Wildman–Crippen MR) is 103 cm³/mol. The third kappa shape index (κ3) is 4.33. The highest BCUT2D eigenvalue weighted by molar-refractivity contribution is 6.39. The Hall–Kier alpha value is -2.04. The summed E-state index contributed by atoms with van der Waals surface area (Å²) in [6.45, 7) is 12.1. The Balaban J connectivity index is 2.10. The molecule has 2 atom stereocenters. The highest BCUT2D eigenvalue weighted by Gasteiger charge is 2.32. The molecule has 1 N–H and O–H groups in total. The van der Waals surface area contributed by atoms with E-state index in [1.165, 1.54) is 0 Å². The van der Waals surface area contributed by atoms with Gasteiger partial charge in [0.1, 0.15) is 0 Å². The summed E-state index contributed by atoms with van der Waals surface area (Å²) in [5.74, 6) is -0.966. The molecule has 1 heterocycles. The van der Waals surface area contributed by atoms with Gasteiger partial charge < -0.3 is 15.1 Å². The van der Waals surface area contributed by atoms with Gasteiger partial charge in [-0.1, -0.05) is 0 Å². The molecule has 0 radical (unpaired) electrons. The van der Waals surface area contributed by atoms with Crippen molar-refractivity contribution in [3.05, 3.63) is 23.8 Å². The van der Waals surface area contributed by atoms with E-state index in [-0.39, 0.29) is 12.1 Å². The van der Waals surface area contributed by atoms with E-state index < -0.39 is 11.8 Å². The van der Waals surface area contributed by atoms with Crippen molar-refractivity contribution < 1.29 is 9.59 Å². The van der Waals surface area contributed by atoms with Gasteiger partial charge in [0.2, 0.25) is 0 Å². The average Bonchev–Trinajstić information content (AvgIpc) is 2.58. The third-order valence-electron chi connectivity index (χ3n) is 5.21. The van der Waals surface area contributed by atoms with Crippen LogP contribution in [0.1, 0.15) is 52.5 Å². The van der Waals surface area contributed by atoms with Gasteiger partial charge in [0.25, 0.3) is 0 Å². The van der Waals surface area contributed by atoms with Crippen LogP contribution in [0, 0.1) is 6.92 Å². The molecule has 1 aromatic rings. The number of likely N-dealkylation sites (tertiary alicyclic amines) is 1. The molecule has 0 bridgehead atoms. The van der Waals surface area contributed by atoms with Crippen LogP contribution in [0.4, 0.5) is 11.4 Å². The summed E-state index contributed by atoms with van der Waals surface area (Å²) in [4.78, 5) is 29.1. The standard InChI is InChI=1S/C20H31N3O2/c1-6-22(7-2)17-11-12-18(14(3)13-17)21-19(24)20(25)23-15(4)9-8-10-16(23)5/h11-13,15-16H,6-10H2,1-5H3,(H,21,24). The normalized spacial score (nSPS) is 20.3. The Bertz CT molecular complexity index is 615. The van der Waals surface area contributed by atoms with Crippen molar-refractivity contribution in [2.45, 2.75) is 66.0 Å². The quantitative estimate of drug-likeness (QED) is 0.849. The number of hydrogen-bond donors (Lipinski definition) is 1. The fourth-order valence-corrected chi connectivity index (χ4v) is 3.69. The van der Waals surface area contributed by atoms with E-state index in [4.69, 9.17) is 0 Å². The highest BCUT2D eigenvalue weighted by atomic mass is 16.2. The summed E-state index contributed by atoms with van der Waals surface area (Å²) in [5.41, 5.74) is 2.79. The zero-order valence-electron chi connectivity index (χ0n) is 16.1. The summed E-state index contributed by atoms with van der Waals surface area (Å²) in [7, 11) is 0. The molecule has 5 nitrogen and oxygen atoms in total. The van der Waals surface area contributed by atoms with E-state index in [1.807, 2.05) is 32.9 Å². The Kier molecular flexibility index (Phi) is 6.45. The lowest BCUT2D eigenvalue weighted by atomic mass is 9.97.